The number of anilines is 2. The van der Waals surface area contributed by atoms with Crippen LogP contribution in [0.3, 0.4) is 0 Å². The topological polar surface area (TPSA) is 98.1 Å². The van der Waals surface area contributed by atoms with Crippen LogP contribution in [0.25, 0.3) is 0 Å². The molecule has 0 aliphatic heterocycles. The van der Waals surface area contributed by atoms with E-state index in [1.165, 1.54) is 17.3 Å². The van der Waals surface area contributed by atoms with Gasteiger partial charge in [-0.05, 0) is 44.5 Å². The number of hydrogen-bond donors (Lipinski definition) is 2. The first-order valence-corrected chi connectivity index (χ1v) is 8.29. The van der Waals surface area contributed by atoms with E-state index in [-0.39, 0.29) is 11.8 Å². The normalized spacial score (nSPS) is 12.8. The monoisotopic (exact) mass is 357 g/mol. The highest BCUT2D eigenvalue weighted by Gasteiger charge is 2.16. The summed E-state index contributed by atoms with van der Waals surface area (Å²) in [5.74, 6) is -0.442. The molecule has 8 nitrogen and oxygen atoms in total. The van der Waals surface area contributed by atoms with Crippen molar-refractivity contribution in [3.63, 3.8) is 0 Å². The number of carbonyl (C=O) groups is 2. The number of carbonyl (C=O) groups excluding carboxylic acids is 2. The molecule has 8 heteroatoms. The van der Waals surface area contributed by atoms with E-state index in [9.17, 15) is 9.59 Å². The van der Waals surface area contributed by atoms with Crippen LogP contribution < -0.4 is 10.6 Å². The molecule has 0 bridgehead atoms. The summed E-state index contributed by atoms with van der Waals surface area (Å²) in [4.78, 5) is 28.1. The number of nitrogens with one attached hydrogen (secondary N) is 2. The molecule has 2 amide bonds. The molecule has 0 spiro atoms. The van der Waals surface area contributed by atoms with Gasteiger partial charge >= 0.3 is 0 Å². The smallest absolute Gasteiger partial charge is 0.253 e. The lowest BCUT2D eigenvalue weighted by Crippen LogP contribution is -2.28. The summed E-state index contributed by atoms with van der Waals surface area (Å²) in [6, 6.07) is 6.37. The fraction of sp³-hybridized carbons (Fsp3) is 0.333. The number of rotatable bonds is 9. The van der Waals surface area contributed by atoms with E-state index in [0.29, 0.717) is 24.4 Å². The Kier molecular flexibility index (Phi) is 7.04. The van der Waals surface area contributed by atoms with Crippen LogP contribution in [0.5, 0.6) is 0 Å². The summed E-state index contributed by atoms with van der Waals surface area (Å²) >= 11 is 0. The minimum Gasteiger partial charge on any atom is -0.368 e. The van der Waals surface area contributed by atoms with Crippen molar-refractivity contribution in [2.45, 2.75) is 32.4 Å². The summed E-state index contributed by atoms with van der Waals surface area (Å²) < 4.78 is 6.87. The van der Waals surface area contributed by atoms with Gasteiger partial charge in [0.05, 0.1) is 6.61 Å². The minimum absolute atomic E-state index is 0.212. The third-order valence-corrected chi connectivity index (χ3v) is 3.69. The summed E-state index contributed by atoms with van der Waals surface area (Å²) in [5.41, 5.74) is 1.24. The number of nitrogens with zero attached hydrogens (tertiary/aromatic N) is 3. The lowest BCUT2D eigenvalue weighted by molar-refractivity contribution is -0.126. The molecule has 0 fully saturated rings. The molecule has 1 aromatic carbocycles. The second kappa shape index (κ2) is 9.47. The number of aromatic nitrogens is 3. The van der Waals surface area contributed by atoms with Crippen molar-refractivity contribution in [3.8, 4) is 0 Å². The molecular formula is C18H23N5O3. The van der Waals surface area contributed by atoms with Gasteiger partial charge in [-0.25, -0.2) is 9.67 Å². The average molecular weight is 357 g/mol. The Balaban J connectivity index is 1.86. The maximum atomic E-state index is 12.2. The quantitative estimate of drug-likeness (QED) is 0.530. The van der Waals surface area contributed by atoms with Crippen LogP contribution in [-0.2, 0) is 14.3 Å². The molecule has 2 N–H and O–H groups in total. The summed E-state index contributed by atoms with van der Waals surface area (Å²) in [6.45, 7) is 7.48. The first-order valence-electron chi connectivity index (χ1n) is 8.29. The number of amides is 2. The Labute approximate surface area is 152 Å². The molecule has 138 valence electrons. The van der Waals surface area contributed by atoms with Crippen LogP contribution in [0.2, 0.25) is 0 Å². The Morgan fingerprint density at radius 1 is 1.19 bits per heavy atom. The Morgan fingerprint density at radius 3 is 2.35 bits per heavy atom. The van der Waals surface area contributed by atoms with Crippen LogP contribution in [0.4, 0.5) is 11.4 Å². The van der Waals surface area contributed by atoms with Gasteiger partial charge in [-0.15, -0.1) is 6.58 Å². The molecule has 1 aromatic heterocycles. The zero-order chi connectivity index (χ0) is 18.9. The first-order chi connectivity index (χ1) is 12.5. The molecule has 0 aliphatic carbocycles. The maximum absolute atomic E-state index is 12.2. The van der Waals surface area contributed by atoms with Crippen molar-refractivity contribution in [3.05, 3.63) is 49.6 Å². The van der Waals surface area contributed by atoms with Gasteiger partial charge in [-0.3, -0.25) is 9.59 Å². The van der Waals surface area contributed by atoms with E-state index in [1.54, 1.807) is 44.2 Å². The minimum atomic E-state index is -0.558. The summed E-state index contributed by atoms with van der Waals surface area (Å²) in [5, 5.41) is 9.51. The summed E-state index contributed by atoms with van der Waals surface area (Å²) in [6.07, 6.45) is 4.74. The summed E-state index contributed by atoms with van der Waals surface area (Å²) in [7, 11) is 0. The SMILES string of the molecule is C=CCCOC(C)C(=O)Nc1ccc(NC(=O)C(C)n2cncn2)cc1. The molecule has 2 unspecified atom stereocenters. The second-order valence-corrected chi connectivity index (χ2v) is 5.70. The molecular weight excluding hydrogens is 334 g/mol. The molecule has 0 saturated heterocycles. The highest BCUT2D eigenvalue weighted by Crippen LogP contribution is 2.16. The van der Waals surface area contributed by atoms with Crippen molar-refractivity contribution in [2.75, 3.05) is 17.2 Å². The zero-order valence-electron chi connectivity index (χ0n) is 14.9. The van der Waals surface area contributed by atoms with Crippen LogP contribution in [0.15, 0.2) is 49.6 Å². The molecule has 2 aromatic rings. The van der Waals surface area contributed by atoms with Gasteiger partial charge in [0, 0.05) is 11.4 Å². The third kappa shape index (κ3) is 5.52. The molecule has 0 aliphatic rings. The van der Waals surface area contributed by atoms with Crippen molar-refractivity contribution in [1.29, 1.82) is 0 Å². The van der Waals surface area contributed by atoms with E-state index in [1.807, 2.05) is 0 Å². The molecule has 2 atom stereocenters. The lowest BCUT2D eigenvalue weighted by Gasteiger charge is -2.14. The fourth-order valence-electron chi connectivity index (χ4n) is 2.07. The number of benzene rings is 1. The standard InChI is InChI=1S/C18H23N5O3/c1-4-5-10-26-14(3)18(25)22-16-8-6-15(7-9-16)21-17(24)13(2)23-12-19-11-20-23/h4,6-9,11-14H,1,5,10H2,2-3H3,(H,21,24)(H,22,25). The van der Waals surface area contributed by atoms with Crippen LogP contribution in [0, 0.1) is 0 Å². The van der Waals surface area contributed by atoms with Gasteiger partial charge in [-0.2, -0.15) is 5.10 Å². The van der Waals surface area contributed by atoms with E-state index in [4.69, 9.17) is 4.74 Å². The van der Waals surface area contributed by atoms with Gasteiger partial charge < -0.3 is 15.4 Å². The van der Waals surface area contributed by atoms with Crippen LogP contribution in [-0.4, -0.2) is 39.3 Å². The molecule has 2 rings (SSSR count). The lowest BCUT2D eigenvalue weighted by atomic mass is 10.2. The van der Waals surface area contributed by atoms with Crippen molar-refractivity contribution >= 4 is 23.2 Å². The second-order valence-electron chi connectivity index (χ2n) is 5.70. The fourth-order valence-corrected chi connectivity index (χ4v) is 2.07. The van der Waals surface area contributed by atoms with Gasteiger partial charge in [0.15, 0.2) is 0 Å². The largest absolute Gasteiger partial charge is 0.368 e. The Morgan fingerprint density at radius 2 is 1.81 bits per heavy atom. The number of ether oxygens (including phenoxy) is 1. The van der Waals surface area contributed by atoms with Gasteiger partial charge in [0.2, 0.25) is 5.91 Å². The van der Waals surface area contributed by atoms with Gasteiger partial charge in [0.25, 0.3) is 5.91 Å². The predicted molar refractivity (Wildman–Crippen MR) is 98.7 cm³/mol. The highest BCUT2D eigenvalue weighted by atomic mass is 16.5. The molecule has 1 heterocycles. The highest BCUT2D eigenvalue weighted by molar-refractivity contribution is 5.95. The van der Waals surface area contributed by atoms with Crippen molar-refractivity contribution < 1.29 is 14.3 Å². The van der Waals surface area contributed by atoms with Crippen molar-refractivity contribution in [1.82, 2.24) is 14.8 Å². The van der Waals surface area contributed by atoms with E-state index >= 15 is 0 Å². The van der Waals surface area contributed by atoms with Crippen LogP contribution >= 0.6 is 0 Å². The molecule has 26 heavy (non-hydrogen) atoms. The zero-order valence-corrected chi connectivity index (χ0v) is 14.9. The number of hydrogen-bond acceptors (Lipinski definition) is 5. The third-order valence-electron chi connectivity index (χ3n) is 3.69. The van der Waals surface area contributed by atoms with E-state index in [2.05, 4.69) is 27.3 Å². The van der Waals surface area contributed by atoms with Crippen LogP contribution in [0.1, 0.15) is 26.3 Å². The van der Waals surface area contributed by atoms with E-state index < -0.39 is 12.1 Å². The van der Waals surface area contributed by atoms with Gasteiger partial charge in [-0.1, -0.05) is 6.08 Å². The maximum Gasteiger partial charge on any atom is 0.253 e. The predicted octanol–water partition coefficient (Wildman–Crippen LogP) is 2.40. The Hall–Kier alpha value is -3.00. The van der Waals surface area contributed by atoms with Crippen molar-refractivity contribution in [2.24, 2.45) is 0 Å². The van der Waals surface area contributed by atoms with E-state index in [0.717, 1.165) is 0 Å². The van der Waals surface area contributed by atoms with Gasteiger partial charge in [0.1, 0.15) is 24.8 Å². The Bertz CT molecular complexity index is 728. The first kappa shape index (κ1) is 19.3. The molecule has 0 radical (unpaired) electrons. The molecule has 0 saturated carbocycles. The average Bonchev–Trinajstić information content (AvgIpc) is 3.17.